The molecule has 2 heterocycles. The molecule has 3 N–H and O–H groups in total. The highest BCUT2D eigenvalue weighted by Crippen LogP contribution is 2.21. The fourth-order valence-electron chi connectivity index (χ4n) is 1.94. The van der Waals surface area contributed by atoms with Crippen molar-refractivity contribution in [3.63, 3.8) is 0 Å². The topological polar surface area (TPSA) is 76.7 Å². The molecule has 3 rings (SSSR count). The molecule has 0 bridgehead atoms. The molecule has 5 nitrogen and oxygen atoms in total. The minimum atomic E-state index is 0.590. The van der Waals surface area contributed by atoms with Crippen molar-refractivity contribution in [3.8, 4) is 11.4 Å². The molecule has 19 heavy (non-hydrogen) atoms. The lowest BCUT2D eigenvalue weighted by atomic mass is 10.1. The van der Waals surface area contributed by atoms with Gasteiger partial charge in [0.2, 0.25) is 0 Å². The summed E-state index contributed by atoms with van der Waals surface area (Å²) in [4.78, 5) is 13.0. The summed E-state index contributed by atoms with van der Waals surface area (Å²) in [6.07, 6.45) is 1.68. The van der Waals surface area contributed by atoms with Crippen molar-refractivity contribution in [2.45, 2.75) is 6.92 Å². The number of hydrazine groups is 1. The first-order valence-corrected chi connectivity index (χ1v) is 5.94. The number of nitrogens with one attached hydrogen (secondary N) is 1. The molecule has 0 aliphatic rings. The number of nitrogen functional groups attached to an aromatic ring is 1. The molecule has 0 spiro atoms. The van der Waals surface area contributed by atoms with Crippen molar-refractivity contribution in [2.75, 3.05) is 5.43 Å². The van der Waals surface area contributed by atoms with Crippen molar-refractivity contribution < 1.29 is 0 Å². The van der Waals surface area contributed by atoms with Gasteiger partial charge in [-0.3, -0.25) is 4.98 Å². The van der Waals surface area contributed by atoms with Gasteiger partial charge >= 0.3 is 0 Å². The molecule has 0 amide bonds. The second-order valence-electron chi connectivity index (χ2n) is 4.27. The molecule has 0 unspecified atom stereocenters. The van der Waals surface area contributed by atoms with Crippen LogP contribution in [0, 0.1) is 6.92 Å². The lowest BCUT2D eigenvalue weighted by molar-refractivity contribution is 1.15. The predicted octanol–water partition coefficient (Wildman–Crippen LogP) is 2.29. The van der Waals surface area contributed by atoms with E-state index in [9.17, 15) is 0 Å². The number of hydrogen-bond donors (Lipinski definition) is 2. The van der Waals surface area contributed by atoms with Crippen LogP contribution in [0.2, 0.25) is 0 Å². The van der Waals surface area contributed by atoms with Gasteiger partial charge in [0.1, 0.15) is 5.82 Å². The highest BCUT2D eigenvalue weighted by atomic mass is 15.3. The third kappa shape index (κ3) is 2.23. The van der Waals surface area contributed by atoms with Gasteiger partial charge in [0, 0.05) is 28.9 Å². The minimum absolute atomic E-state index is 0.590. The van der Waals surface area contributed by atoms with Crippen molar-refractivity contribution in [2.24, 2.45) is 5.84 Å². The number of nitrogens with two attached hydrogens (primary N) is 1. The molecule has 0 radical (unpaired) electrons. The molecule has 0 saturated carbocycles. The van der Waals surface area contributed by atoms with E-state index < -0.39 is 0 Å². The van der Waals surface area contributed by atoms with Gasteiger partial charge in [-0.2, -0.15) is 0 Å². The maximum atomic E-state index is 5.35. The number of aryl methyl sites for hydroxylation is 1. The van der Waals surface area contributed by atoms with E-state index in [2.05, 4.69) is 20.4 Å². The number of nitrogens with zero attached hydrogens (tertiary/aromatic N) is 3. The smallest absolute Gasteiger partial charge is 0.161 e. The average Bonchev–Trinajstić information content (AvgIpc) is 2.46. The fraction of sp³-hybridized carbons (Fsp3) is 0.0714. The molecule has 94 valence electrons. The van der Waals surface area contributed by atoms with Crippen LogP contribution in [0.1, 0.15) is 5.69 Å². The zero-order valence-electron chi connectivity index (χ0n) is 10.5. The standard InChI is InChI=1S/C14H13N5/c1-9-2-3-10-8-11(4-5-12(10)17-9)14-16-7-6-13(18-14)19-15/h2-8H,15H2,1H3,(H,16,18,19). The molecule has 3 aromatic rings. The number of hydrogen-bond acceptors (Lipinski definition) is 5. The van der Waals surface area contributed by atoms with Gasteiger partial charge in [0.15, 0.2) is 5.82 Å². The Morgan fingerprint density at radius 2 is 1.95 bits per heavy atom. The summed E-state index contributed by atoms with van der Waals surface area (Å²) in [7, 11) is 0. The summed E-state index contributed by atoms with van der Waals surface area (Å²) in [5, 5.41) is 1.07. The first kappa shape index (κ1) is 11.6. The second-order valence-corrected chi connectivity index (χ2v) is 4.27. The van der Waals surface area contributed by atoms with Crippen molar-refractivity contribution in [1.82, 2.24) is 15.0 Å². The number of pyridine rings is 1. The zero-order valence-corrected chi connectivity index (χ0v) is 10.5. The summed E-state index contributed by atoms with van der Waals surface area (Å²) >= 11 is 0. The lowest BCUT2D eigenvalue weighted by Gasteiger charge is -2.05. The molecular formula is C14H13N5. The maximum Gasteiger partial charge on any atom is 0.161 e. The number of benzene rings is 1. The van der Waals surface area contributed by atoms with E-state index in [0.29, 0.717) is 11.6 Å². The van der Waals surface area contributed by atoms with Crippen LogP contribution in [-0.2, 0) is 0 Å². The molecule has 2 aromatic heterocycles. The van der Waals surface area contributed by atoms with Gasteiger partial charge in [-0.25, -0.2) is 15.8 Å². The summed E-state index contributed by atoms with van der Waals surface area (Å²) in [5.41, 5.74) is 5.43. The van der Waals surface area contributed by atoms with Crippen molar-refractivity contribution in [1.29, 1.82) is 0 Å². The monoisotopic (exact) mass is 251 g/mol. The largest absolute Gasteiger partial charge is 0.308 e. The van der Waals surface area contributed by atoms with Crippen LogP contribution in [0.5, 0.6) is 0 Å². The molecule has 5 heteroatoms. The van der Waals surface area contributed by atoms with Crippen LogP contribution in [0.3, 0.4) is 0 Å². The average molecular weight is 251 g/mol. The SMILES string of the molecule is Cc1ccc2cc(-c3nccc(NN)n3)ccc2n1. The van der Waals surface area contributed by atoms with Crippen LogP contribution in [-0.4, -0.2) is 15.0 Å². The van der Waals surface area contributed by atoms with E-state index in [1.54, 1.807) is 12.3 Å². The van der Waals surface area contributed by atoms with E-state index in [4.69, 9.17) is 5.84 Å². The van der Waals surface area contributed by atoms with E-state index >= 15 is 0 Å². The van der Waals surface area contributed by atoms with Crippen LogP contribution in [0.4, 0.5) is 5.82 Å². The number of aromatic nitrogens is 3. The summed E-state index contributed by atoms with van der Waals surface area (Å²) in [6, 6.07) is 11.7. The van der Waals surface area contributed by atoms with Crippen LogP contribution in [0.25, 0.3) is 22.3 Å². The molecule has 0 atom stereocenters. The van der Waals surface area contributed by atoms with E-state index in [-0.39, 0.29) is 0 Å². The van der Waals surface area contributed by atoms with Crippen LogP contribution in [0.15, 0.2) is 42.6 Å². The Hall–Kier alpha value is -2.53. The van der Waals surface area contributed by atoms with E-state index in [1.165, 1.54) is 0 Å². The Bertz CT molecular complexity index is 739. The Kier molecular flexibility index (Phi) is 2.81. The Morgan fingerprint density at radius 1 is 1.05 bits per heavy atom. The highest BCUT2D eigenvalue weighted by molar-refractivity contribution is 5.83. The number of rotatable bonds is 2. The normalized spacial score (nSPS) is 10.6. The van der Waals surface area contributed by atoms with Crippen LogP contribution < -0.4 is 11.3 Å². The quantitative estimate of drug-likeness (QED) is 0.539. The number of fused-ring (bicyclic) bond motifs is 1. The molecule has 0 aliphatic carbocycles. The first-order valence-electron chi connectivity index (χ1n) is 5.94. The van der Waals surface area contributed by atoms with Gasteiger partial charge in [-0.15, -0.1) is 0 Å². The Balaban J connectivity index is 2.12. The van der Waals surface area contributed by atoms with E-state index in [0.717, 1.165) is 22.2 Å². The number of anilines is 1. The molecule has 0 saturated heterocycles. The van der Waals surface area contributed by atoms with Gasteiger partial charge in [-0.1, -0.05) is 6.07 Å². The van der Waals surface area contributed by atoms with Crippen molar-refractivity contribution in [3.05, 3.63) is 48.3 Å². The summed E-state index contributed by atoms with van der Waals surface area (Å²) in [5.74, 6) is 6.58. The van der Waals surface area contributed by atoms with E-state index in [1.807, 2.05) is 37.3 Å². The van der Waals surface area contributed by atoms with Gasteiger partial charge < -0.3 is 5.43 Å². The predicted molar refractivity (Wildman–Crippen MR) is 75.3 cm³/mol. The Morgan fingerprint density at radius 3 is 2.79 bits per heavy atom. The molecular weight excluding hydrogens is 238 g/mol. The second kappa shape index (κ2) is 4.62. The van der Waals surface area contributed by atoms with Gasteiger partial charge in [0.05, 0.1) is 5.52 Å². The first-order chi connectivity index (χ1) is 9.26. The molecule has 1 aromatic carbocycles. The van der Waals surface area contributed by atoms with Gasteiger partial charge in [0.25, 0.3) is 0 Å². The third-order valence-corrected chi connectivity index (χ3v) is 2.89. The lowest BCUT2D eigenvalue weighted by Crippen LogP contribution is -2.09. The third-order valence-electron chi connectivity index (χ3n) is 2.89. The summed E-state index contributed by atoms with van der Waals surface area (Å²) < 4.78 is 0. The highest BCUT2D eigenvalue weighted by Gasteiger charge is 2.04. The minimum Gasteiger partial charge on any atom is -0.308 e. The zero-order chi connectivity index (χ0) is 13.2. The van der Waals surface area contributed by atoms with Gasteiger partial charge in [-0.05, 0) is 31.2 Å². The molecule has 0 aliphatic heterocycles. The van der Waals surface area contributed by atoms with Crippen molar-refractivity contribution >= 4 is 16.7 Å². The fourth-order valence-corrected chi connectivity index (χ4v) is 1.94. The molecule has 0 fully saturated rings. The summed E-state index contributed by atoms with van der Waals surface area (Å²) in [6.45, 7) is 1.98. The Labute approximate surface area is 110 Å². The van der Waals surface area contributed by atoms with Crippen LogP contribution >= 0.6 is 0 Å². The maximum absolute atomic E-state index is 5.35.